The number of aliphatic imine (C=N–C) groups is 1. The molecule has 0 saturated carbocycles. The van der Waals surface area contributed by atoms with Gasteiger partial charge in [0, 0.05) is 30.2 Å². The van der Waals surface area contributed by atoms with Crippen molar-refractivity contribution < 1.29 is 24.2 Å². The van der Waals surface area contributed by atoms with Crippen molar-refractivity contribution in [3.63, 3.8) is 0 Å². The van der Waals surface area contributed by atoms with E-state index in [9.17, 15) is 14.7 Å². The Balaban J connectivity index is 1.25. The lowest BCUT2D eigenvalue weighted by Crippen LogP contribution is -2.42. The molecule has 1 amide bonds. The number of hydrogen-bond acceptors (Lipinski definition) is 4. The zero-order valence-corrected chi connectivity index (χ0v) is 18.0. The smallest absolute Gasteiger partial charge is 0.407 e. The third-order valence-corrected chi connectivity index (χ3v) is 6.18. The van der Waals surface area contributed by atoms with E-state index in [0.717, 1.165) is 22.3 Å². The molecule has 8 nitrogen and oxygen atoms in total. The monoisotopic (exact) mass is 452 g/mol. The first-order valence-corrected chi connectivity index (χ1v) is 10.8. The van der Waals surface area contributed by atoms with Gasteiger partial charge in [-0.2, -0.15) is 4.79 Å². The Bertz CT molecular complexity index is 1330. The molecule has 1 unspecified atom stereocenters. The van der Waals surface area contributed by atoms with Crippen LogP contribution in [0.5, 0.6) is 0 Å². The first-order chi connectivity index (χ1) is 16.6. The standard InChI is InChI=1S/C26H20N4O4/c27-30-22-11-5-10-16-15(13-28-24(16)22)12-23(25(31)32)29-26(33)34-14-21-19-8-3-1-6-17(19)18-7-2-4-9-20(18)21/h1-11,13,21,23H,12,14H2,(H,29,33)(H,31,32). The molecule has 2 aromatic rings. The number of alkyl carbamates (subject to hydrolysis) is 1. The van der Waals surface area contributed by atoms with E-state index in [1.165, 1.54) is 6.20 Å². The molecule has 0 saturated heterocycles. The van der Waals surface area contributed by atoms with Gasteiger partial charge in [0.25, 0.3) is 0 Å². The lowest BCUT2D eigenvalue weighted by molar-refractivity contribution is -0.139. The summed E-state index contributed by atoms with van der Waals surface area (Å²) >= 11 is 0. The summed E-state index contributed by atoms with van der Waals surface area (Å²) in [5, 5.41) is 12.1. The highest BCUT2D eigenvalue weighted by molar-refractivity contribution is 6.52. The number of carboxylic acid groups (broad SMARTS) is 1. The maximum Gasteiger partial charge on any atom is 0.407 e. The number of ether oxygens (including phenoxy) is 1. The lowest BCUT2D eigenvalue weighted by Gasteiger charge is -2.18. The summed E-state index contributed by atoms with van der Waals surface area (Å²) in [6.45, 7) is 0.0917. The van der Waals surface area contributed by atoms with Gasteiger partial charge in [-0.1, -0.05) is 60.7 Å². The van der Waals surface area contributed by atoms with E-state index in [4.69, 9.17) is 10.3 Å². The second kappa shape index (κ2) is 8.77. The zero-order valence-electron chi connectivity index (χ0n) is 18.0. The average Bonchev–Trinajstić information content (AvgIpc) is 3.41. The summed E-state index contributed by atoms with van der Waals surface area (Å²) in [5.74, 6) is -1.31. The van der Waals surface area contributed by atoms with Gasteiger partial charge in [-0.15, -0.1) is 0 Å². The van der Waals surface area contributed by atoms with Gasteiger partial charge in [-0.05, 0) is 27.8 Å². The normalized spacial score (nSPS) is 16.4. The maximum atomic E-state index is 12.6. The van der Waals surface area contributed by atoms with Gasteiger partial charge in [0.1, 0.15) is 12.6 Å². The molecule has 0 spiro atoms. The Kier molecular flexibility index (Phi) is 5.49. The van der Waals surface area contributed by atoms with Gasteiger partial charge in [0.15, 0.2) is 5.71 Å². The summed E-state index contributed by atoms with van der Waals surface area (Å²) in [6.07, 6.45) is 5.78. The zero-order chi connectivity index (χ0) is 23.7. The predicted molar refractivity (Wildman–Crippen MR) is 126 cm³/mol. The number of fused-ring (bicyclic) bond motifs is 4. The number of rotatable bonds is 6. The highest BCUT2D eigenvalue weighted by atomic mass is 16.5. The van der Waals surface area contributed by atoms with Crippen LogP contribution in [0.4, 0.5) is 4.79 Å². The van der Waals surface area contributed by atoms with E-state index < -0.39 is 18.1 Å². The van der Waals surface area contributed by atoms with E-state index >= 15 is 0 Å². The lowest BCUT2D eigenvalue weighted by atomic mass is 9.92. The SMILES string of the molecule is [N-]=[N+]=C1C=CC=C2C(CC(NC(=O)OCC3c4ccccc4-c4ccccc43)C(=O)O)=CN=C21. The van der Waals surface area contributed by atoms with Crippen LogP contribution in [0.1, 0.15) is 23.5 Å². The van der Waals surface area contributed by atoms with E-state index in [1.807, 2.05) is 48.5 Å². The molecule has 5 rings (SSSR count). The van der Waals surface area contributed by atoms with Crippen LogP contribution in [0, 0.1) is 0 Å². The molecular formula is C26H20N4O4. The topological polar surface area (TPSA) is 124 Å². The second-order valence-corrected chi connectivity index (χ2v) is 8.12. The Labute approximate surface area is 195 Å². The fourth-order valence-corrected chi connectivity index (χ4v) is 4.58. The van der Waals surface area contributed by atoms with Crippen molar-refractivity contribution in [3.8, 4) is 11.1 Å². The second-order valence-electron chi connectivity index (χ2n) is 8.12. The minimum atomic E-state index is -1.21. The van der Waals surface area contributed by atoms with Crippen LogP contribution >= 0.6 is 0 Å². The van der Waals surface area contributed by atoms with Crippen LogP contribution in [0.2, 0.25) is 0 Å². The largest absolute Gasteiger partial charge is 0.480 e. The fourth-order valence-electron chi connectivity index (χ4n) is 4.58. The molecule has 1 heterocycles. The molecule has 0 aromatic heterocycles. The summed E-state index contributed by atoms with van der Waals surface area (Å²) in [7, 11) is 0. The number of carbonyl (C=O) groups excluding carboxylic acids is 1. The van der Waals surface area contributed by atoms with Crippen molar-refractivity contribution in [1.29, 1.82) is 0 Å². The minimum Gasteiger partial charge on any atom is -0.480 e. The average molecular weight is 452 g/mol. The number of allylic oxidation sites excluding steroid dienone is 4. The van der Waals surface area contributed by atoms with Crippen LogP contribution in [-0.4, -0.2) is 46.0 Å². The number of carboxylic acids is 1. The number of hydrogen-bond donors (Lipinski definition) is 2. The van der Waals surface area contributed by atoms with Crippen molar-refractivity contribution in [2.75, 3.05) is 6.61 Å². The first kappa shape index (κ1) is 21.3. The summed E-state index contributed by atoms with van der Waals surface area (Å²) in [5.41, 5.74) is 15.5. The minimum absolute atomic E-state index is 0.00487. The summed E-state index contributed by atoms with van der Waals surface area (Å²) in [6, 6.07) is 14.8. The first-order valence-electron chi connectivity index (χ1n) is 10.8. The molecule has 34 heavy (non-hydrogen) atoms. The fraction of sp³-hybridized carbons (Fsp3) is 0.154. The predicted octanol–water partition coefficient (Wildman–Crippen LogP) is 3.87. The van der Waals surface area contributed by atoms with Gasteiger partial charge in [0.2, 0.25) is 0 Å². The molecule has 2 N–H and O–H groups in total. The van der Waals surface area contributed by atoms with Crippen LogP contribution in [-0.2, 0) is 9.53 Å². The van der Waals surface area contributed by atoms with Crippen molar-refractivity contribution in [2.24, 2.45) is 4.99 Å². The molecule has 1 aliphatic heterocycles. The number of amides is 1. The molecule has 0 radical (unpaired) electrons. The van der Waals surface area contributed by atoms with Gasteiger partial charge in [-0.25, -0.2) is 14.6 Å². The van der Waals surface area contributed by atoms with Crippen molar-refractivity contribution in [1.82, 2.24) is 5.32 Å². The van der Waals surface area contributed by atoms with Crippen molar-refractivity contribution >= 4 is 23.5 Å². The molecule has 3 aliphatic rings. The molecule has 0 fully saturated rings. The summed E-state index contributed by atoms with van der Waals surface area (Å²) < 4.78 is 5.49. The highest BCUT2D eigenvalue weighted by Gasteiger charge is 2.32. The Morgan fingerprint density at radius 2 is 1.79 bits per heavy atom. The molecule has 2 aliphatic carbocycles. The van der Waals surface area contributed by atoms with Crippen LogP contribution in [0.25, 0.3) is 16.7 Å². The van der Waals surface area contributed by atoms with Gasteiger partial charge in [-0.3, -0.25) is 0 Å². The number of carbonyl (C=O) groups is 2. The highest BCUT2D eigenvalue weighted by Crippen LogP contribution is 2.44. The quantitative estimate of drug-likeness (QED) is 0.392. The van der Waals surface area contributed by atoms with Gasteiger partial charge >= 0.3 is 17.8 Å². The number of nitrogens with zero attached hydrogens (tertiary/aromatic N) is 3. The Morgan fingerprint density at radius 3 is 2.44 bits per heavy atom. The molecule has 1 atom stereocenters. The van der Waals surface area contributed by atoms with Crippen LogP contribution < -0.4 is 5.32 Å². The number of nitrogens with one attached hydrogen (secondary N) is 1. The Hall–Kier alpha value is -4.55. The van der Waals surface area contributed by atoms with Crippen LogP contribution in [0.15, 0.2) is 89.1 Å². The number of aliphatic carboxylic acids is 1. The molecule has 2 aromatic carbocycles. The van der Waals surface area contributed by atoms with E-state index in [2.05, 4.69) is 15.1 Å². The third kappa shape index (κ3) is 3.76. The molecule has 8 heteroatoms. The maximum absolute atomic E-state index is 12.6. The van der Waals surface area contributed by atoms with Gasteiger partial charge in [0.05, 0.1) is 0 Å². The van der Waals surface area contributed by atoms with Crippen molar-refractivity contribution in [2.45, 2.75) is 18.4 Å². The van der Waals surface area contributed by atoms with Gasteiger partial charge < -0.3 is 20.7 Å². The molecular weight excluding hydrogens is 432 g/mol. The summed E-state index contributed by atoms with van der Waals surface area (Å²) in [4.78, 5) is 31.9. The van der Waals surface area contributed by atoms with E-state index in [1.54, 1.807) is 18.2 Å². The van der Waals surface area contributed by atoms with Crippen LogP contribution in [0.3, 0.4) is 0 Å². The van der Waals surface area contributed by atoms with Crippen molar-refractivity contribution in [3.05, 3.63) is 101 Å². The Morgan fingerprint density at radius 1 is 1.12 bits per heavy atom. The van der Waals surface area contributed by atoms with E-state index in [-0.39, 0.29) is 18.9 Å². The molecule has 168 valence electrons. The third-order valence-electron chi connectivity index (χ3n) is 6.18. The number of benzene rings is 2. The van der Waals surface area contributed by atoms with E-state index in [0.29, 0.717) is 22.6 Å². The molecule has 0 bridgehead atoms.